The molecular formula is C16H15ClFN3O3S. The van der Waals surface area contributed by atoms with Crippen LogP contribution in [0.2, 0.25) is 5.02 Å². The number of nitrogens with one attached hydrogen (secondary N) is 1. The predicted molar refractivity (Wildman–Crippen MR) is 93.4 cm³/mol. The molecule has 0 radical (unpaired) electrons. The Labute approximate surface area is 150 Å². The minimum atomic E-state index is -3.81. The fraction of sp³-hybridized carbons (Fsp3) is 0.125. The smallest absolute Gasteiger partial charge is 0.255 e. The summed E-state index contributed by atoms with van der Waals surface area (Å²) in [4.78, 5) is 11.8. The van der Waals surface area contributed by atoms with Crippen LogP contribution in [0.25, 0.3) is 0 Å². The molecule has 132 valence electrons. The van der Waals surface area contributed by atoms with Gasteiger partial charge in [0, 0.05) is 12.1 Å². The molecule has 0 aliphatic rings. The van der Waals surface area contributed by atoms with Crippen LogP contribution in [0.4, 0.5) is 4.39 Å². The lowest BCUT2D eigenvalue weighted by Crippen LogP contribution is -2.36. The van der Waals surface area contributed by atoms with Crippen molar-refractivity contribution in [3.05, 3.63) is 64.9 Å². The minimum absolute atomic E-state index is 0.0296. The second kappa shape index (κ2) is 8.19. The van der Waals surface area contributed by atoms with Gasteiger partial charge >= 0.3 is 0 Å². The van der Waals surface area contributed by atoms with Crippen molar-refractivity contribution in [2.45, 2.75) is 4.90 Å². The number of hydrogen-bond donors (Lipinski definition) is 1. The quantitative estimate of drug-likeness (QED) is 0.613. The summed E-state index contributed by atoms with van der Waals surface area (Å²) in [7, 11) is -2.53. The van der Waals surface area contributed by atoms with Gasteiger partial charge in [-0.1, -0.05) is 23.7 Å². The molecule has 0 aliphatic heterocycles. The second-order valence-corrected chi connectivity index (χ2v) is 7.54. The number of carbonyl (C=O) groups excluding carboxylic acids is 1. The molecule has 2 rings (SSSR count). The molecule has 1 N–H and O–H groups in total. The van der Waals surface area contributed by atoms with Gasteiger partial charge in [0.2, 0.25) is 10.0 Å². The summed E-state index contributed by atoms with van der Waals surface area (Å²) >= 11 is 5.73. The number of benzene rings is 2. The third-order valence-electron chi connectivity index (χ3n) is 3.16. The maximum Gasteiger partial charge on any atom is 0.255 e. The van der Waals surface area contributed by atoms with Crippen molar-refractivity contribution in [3.63, 3.8) is 0 Å². The first-order valence-electron chi connectivity index (χ1n) is 7.08. The highest BCUT2D eigenvalue weighted by Gasteiger charge is 2.22. The lowest BCUT2D eigenvalue weighted by molar-refractivity contribution is -0.121. The Hall–Kier alpha value is -2.29. The summed E-state index contributed by atoms with van der Waals surface area (Å²) in [5, 5.41) is 4.12. The van der Waals surface area contributed by atoms with E-state index < -0.39 is 22.5 Å². The Kier molecular flexibility index (Phi) is 6.24. The molecule has 0 bridgehead atoms. The number of likely N-dealkylation sites (N-methyl/N-ethyl adjacent to an activating group) is 1. The van der Waals surface area contributed by atoms with E-state index in [0.29, 0.717) is 10.6 Å². The molecule has 0 saturated carbocycles. The zero-order valence-electron chi connectivity index (χ0n) is 13.2. The van der Waals surface area contributed by atoms with E-state index in [0.717, 1.165) is 4.31 Å². The molecule has 0 atom stereocenters. The third-order valence-corrected chi connectivity index (χ3v) is 5.23. The highest BCUT2D eigenvalue weighted by atomic mass is 35.5. The molecule has 0 fully saturated rings. The van der Waals surface area contributed by atoms with Gasteiger partial charge in [0.1, 0.15) is 5.82 Å². The lowest BCUT2D eigenvalue weighted by Gasteiger charge is -2.16. The van der Waals surface area contributed by atoms with Gasteiger partial charge < -0.3 is 0 Å². The standard InChI is InChI=1S/C16H15ClFN3O3S/c1-21(25(23,24)15-8-4-13(17)5-9-15)11-16(22)20-19-10-12-2-6-14(18)7-3-12/h2-10H,11H2,1H3,(H,20,22)/b19-10-. The average Bonchev–Trinajstić information content (AvgIpc) is 2.57. The normalized spacial score (nSPS) is 11.8. The van der Waals surface area contributed by atoms with Gasteiger partial charge in [-0.05, 0) is 42.0 Å². The summed E-state index contributed by atoms with van der Waals surface area (Å²) in [5.41, 5.74) is 2.81. The lowest BCUT2D eigenvalue weighted by atomic mass is 10.2. The predicted octanol–water partition coefficient (Wildman–Crippen LogP) is 2.25. The number of rotatable bonds is 6. The topological polar surface area (TPSA) is 78.8 Å². The summed E-state index contributed by atoms with van der Waals surface area (Å²) in [6.45, 7) is -0.411. The van der Waals surface area contributed by atoms with Crippen molar-refractivity contribution in [1.29, 1.82) is 0 Å². The van der Waals surface area contributed by atoms with Gasteiger partial charge in [-0.3, -0.25) is 4.79 Å². The van der Waals surface area contributed by atoms with Crippen LogP contribution in [-0.4, -0.2) is 38.4 Å². The minimum Gasteiger partial charge on any atom is -0.272 e. The van der Waals surface area contributed by atoms with Gasteiger partial charge in [-0.15, -0.1) is 0 Å². The van der Waals surface area contributed by atoms with E-state index in [-0.39, 0.29) is 10.7 Å². The molecule has 9 heteroatoms. The Balaban J connectivity index is 1.95. The highest BCUT2D eigenvalue weighted by molar-refractivity contribution is 7.89. The molecule has 0 aliphatic carbocycles. The first-order chi connectivity index (χ1) is 11.8. The molecule has 25 heavy (non-hydrogen) atoms. The zero-order valence-corrected chi connectivity index (χ0v) is 14.8. The van der Waals surface area contributed by atoms with E-state index in [4.69, 9.17) is 11.6 Å². The van der Waals surface area contributed by atoms with Crippen LogP contribution in [0.1, 0.15) is 5.56 Å². The van der Waals surface area contributed by atoms with E-state index in [1.54, 1.807) is 0 Å². The van der Waals surface area contributed by atoms with Crippen LogP contribution < -0.4 is 5.43 Å². The number of nitrogens with zero attached hydrogens (tertiary/aromatic N) is 2. The van der Waals surface area contributed by atoms with E-state index >= 15 is 0 Å². The third kappa shape index (κ3) is 5.35. The Morgan fingerprint density at radius 1 is 1.20 bits per heavy atom. The van der Waals surface area contributed by atoms with Crippen molar-refractivity contribution >= 4 is 33.7 Å². The summed E-state index contributed by atoms with van der Waals surface area (Å²) in [5.74, 6) is -0.992. The Morgan fingerprint density at radius 2 is 1.80 bits per heavy atom. The van der Waals surface area contributed by atoms with Gasteiger partial charge in [-0.25, -0.2) is 18.2 Å². The molecule has 0 saturated heterocycles. The molecule has 0 heterocycles. The number of hydrazone groups is 1. The Bertz CT molecular complexity index is 869. The first-order valence-corrected chi connectivity index (χ1v) is 8.90. The highest BCUT2D eigenvalue weighted by Crippen LogP contribution is 2.17. The summed E-state index contributed by atoms with van der Waals surface area (Å²) in [6, 6.07) is 11.1. The van der Waals surface area contributed by atoms with Crippen molar-refractivity contribution in [2.24, 2.45) is 5.10 Å². The van der Waals surface area contributed by atoms with Crippen molar-refractivity contribution in [2.75, 3.05) is 13.6 Å². The monoisotopic (exact) mass is 383 g/mol. The molecule has 0 spiro atoms. The summed E-state index contributed by atoms with van der Waals surface area (Å²) in [6.07, 6.45) is 1.32. The van der Waals surface area contributed by atoms with E-state index in [1.807, 2.05) is 0 Å². The van der Waals surface area contributed by atoms with Crippen molar-refractivity contribution in [1.82, 2.24) is 9.73 Å². The SMILES string of the molecule is CN(CC(=O)N/N=C\c1ccc(F)cc1)S(=O)(=O)c1ccc(Cl)cc1. The van der Waals surface area contributed by atoms with Crippen LogP contribution in [-0.2, 0) is 14.8 Å². The molecule has 2 aromatic carbocycles. The molecule has 6 nitrogen and oxygen atoms in total. The molecule has 0 unspecified atom stereocenters. The van der Waals surface area contributed by atoms with Crippen LogP contribution in [0, 0.1) is 5.82 Å². The number of carbonyl (C=O) groups is 1. The van der Waals surface area contributed by atoms with E-state index in [9.17, 15) is 17.6 Å². The zero-order chi connectivity index (χ0) is 18.4. The first kappa shape index (κ1) is 19.0. The molecular weight excluding hydrogens is 369 g/mol. The maximum atomic E-state index is 12.8. The second-order valence-electron chi connectivity index (χ2n) is 5.06. The number of amides is 1. The van der Waals surface area contributed by atoms with E-state index in [2.05, 4.69) is 10.5 Å². The van der Waals surface area contributed by atoms with Crippen LogP contribution in [0.15, 0.2) is 58.5 Å². The summed E-state index contributed by atoms with van der Waals surface area (Å²) < 4.78 is 38.3. The van der Waals surface area contributed by atoms with Crippen LogP contribution in [0.5, 0.6) is 0 Å². The molecule has 2 aromatic rings. The fourth-order valence-electron chi connectivity index (χ4n) is 1.84. The van der Waals surface area contributed by atoms with E-state index in [1.165, 1.54) is 61.8 Å². The van der Waals surface area contributed by atoms with Crippen LogP contribution >= 0.6 is 11.6 Å². The van der Waals surface area contributed by atoms with Gasteiger partial charge in [-0.2, -0.15) is 9.41 Å². The largest absolute Gasteiger partial charge is 0.272 e. The fourth-order valence-corrected chi connectivity index (χ4v) is 3.09. The Morgan fingerprint density at radius 3 is 2.40 bits per heavy atom. The maximum absolute atomic E-state index is 12.8. The van der Waals surface area contributed by atoms with Crippen LogP contribution in [0.3, 0.4) is 0 Å². The number of halogens is 2. The number of hydrogen-bond acceptors (Lipinski definition) is 4. The van der Waals surface area contributed by atoms with Crippen molar-refractivity contribution < 1.29 is 17.6 Å². The van der Waals surface area contributed by atoms with Gasteiger partial charge in [0.25, 0.3) is 5.91 Å². The number of sulfonamides is 1. The van der Waals surface area contributed by atoms with Gasteiger partial charge in [0.15, 0.2) is 0 Å². The molecule has 0 aromatic heterocycles. The average molecular weight is 384 g/mol. The van der Waals surface area contributed by atoms with Gasteiger partial charge in [0.05, 0.1) is 17.7 Å². The van der Waals surface area contributed by atoms with Crippen molar-refractivity contribution in [3.8, 4) is 0 Å². The molecule has 1 amide bonds.